The summed E-state index contributed by atoms with van der Waals surface area (Å²) < 4.78 is 0. The van der Waals surface area contributed by atoms with E-state index in [9.17, 15) is 0 Å². The number of halogens is 1. The van der Waals surface area contributed by atoms with E-state index in [1.54, 1.807) is 0 Å². The van der Waals surface area contributed by atoms with E-state index >= 15 is 0 Å². The Kier molecular flexibility index (Phi) is 3.58. The summed E-state index contributed by atoms with van der Waals surface area (Å²) in [6.45, 7) is 0.656. The molecular formula is C15H14ClN3O. The van der Waals surface area contributed by atoms with Crippen LogP contribution in [0.5, 0.6) is 0 Å². The van der Waals surface area contributed by atoms with E-state index in [1.165, 1.54) is 0 Å². The number of rotatable bonds is 4. The van der Waals surface area contributed by atoms with Crippen LogP contribution >= 0.6 is 11.6 Å². The maximum atomic E-state index is 8.78. The highest BCUT2D eigenvalue weighted by Crippen LogP contribution is 2.26. The van der Waals surface area contributed by atoms with Crippen LogP contribution in [-0.4, -0.2) is 28.2 Å². The van der Waals surface area contributed by atoms with Gasteiger partial charge in [0.25, 0.3) is 0 Å². The maximum Gasteiger partial charge on any atom is 0.138 e. The zero-order valence-corrected chi connectivity index (χ0v) is 11.5. The Morgan fingerprint density at radius 3 is 2.65 bits per heavy atom. The first-order valence-electron chi connectivity index (χ1n) is 6.37. The van der Waals surface area contributed by atoms with Gasteiger partial charge in [-0.1, -0.05) is 17.7 Å². The molecule has 0 atom stereocenters. The van der Waals surface area contributed by atoms with Crippen LogP contribution in [0.3, 0.4) is 0 Å². The van der Waals surface area contributed by atoms with Gasteiger partial charge in [-0.3, -0.25) is 0 Å². The van der Waals surface area contributed by atoms with Crippen molar-refractivity contribution in [2.75, 3.05) is 18.5 Å². The molecule has 0 amide bonds. The molecule has 1 aromatic heterocycles. The lowest BCUT2D eigenvalue weighted by Gasteiger charge is -2.04. The lowest BCUT2D eigenvalue weighted by Crippen LogP contribution is -2.04. The minimum absolute atomic E-state index is 0.115. The molecule has 0 bridgehead atoms. The number of benzene rings is 2. The van der Waals surface area contributed by atoms with Crippen LogP contribution in [0.2, 0.25) is 5.02 Å². The molecular weight excluding hydrogens is 274 g/mol. The first kappa shape index (κ1) is 13.0. The van der Waals surface area contributed by atoms with E-state index in [0.717, 1.165) is 28.1 Å². The number of nitrogens with zero attached hydrogens (tertiary/aromatic N) is 1. The predicted molar refractivity (Wildman–Crippen MR) is 82.1 cm³/mol. The quantitative estimate of drug-likeness (QED) is 0.690. The third-order valence-corrected chi connectivity index (χ3v) is 3.37. The van der Waals surface area contributed by atoms with Gasteiger partial charge in [0.05, 0.1) is 17.1 Å². The lowest BCUT2D eigenvalue weighted by atomic mass is 10.2. The van der Waals surface area contributed by atoms with Gasteiger partial charge in [0, 0.05) is 17.8 Å². The number of imidazole rings is 1. The number of hydrogen-bond acceptors (Lipinski definition) is 3. The second kappa shape index (κ2) is 5.53. The molecule has 0 aliphatic carbocycles. The van der Waals surface area contributed by atoms with E-state index in [4.69, 9.17) is 16.7 Å². The van der Waals surface area contributed by atoms with Gasteiger partial charge in [-0.25, -0.2) is 4.98 Å². The summed E-state index contributed by atoms with van der Waals surface area (Å²) in [4.78, 5) is 7.79. The molecule has 2 aromatic carbocycles. The fraction of sp³-hybridized carbons (Fsp3) is 0.133. The van der Waals surface area contributed by atoms with Gasteiger partial charge >= 0.3 is 0 Å². The average molecular weight is 288 g/mol. The number of hydrogen-bond donors (Lipinski definition) is 3. The van der Waals surface area contributed by atoms with E-state index in [1.807, 2.05) is 42.5 Å². The van der Waals surface area contributed by atoms with E-state index in [2.05, 4.69) is 15.3 Å². The normalized spacial score (nSPS) is 10.9. The van der Waals surface area contributed by atoms with Gasteiger partial charge in [0.15, 0.2) is 0 Å². The summed E-state index contributed by atoms with van der Waals surface area (Å²) in [6.07, 6.45) is 0. The molecule has 102 valence electrons. The van der Waals surface area contributed by atoms with Crippen LogP contribution in [0.4, 0.5) is 5.69 Å². The lowest BCUT2D eigenvalue weighted by molar-refractivity contribution is 0.311. The number of para-hydroxylation sites is 1. The van der Waals surface area contributed by atoms with Crippen molar-refractivity contribution in [2.24, 2.45) is 0 Å². The third-order valence-electron chi connectivity index (χ3n) is 3.06. The van der Waals surface area contributed by atoms with Gasteiger partial charge in [-0.05, 0) is 36.4 Å². The van der Waals surface area contributed by atoms with Crippen LogP contribution in [0.1, 0.15) is 0 Å². The Balaban J connectivity index is 1.92. The Hall–Kier alpha value is -2.04. The molecule has 4 nitrogen and oxygen atoms in total. The van der Waals surface area contributed by atoms with Gasteiger partial charge in [-0.2, -0.15) is 0 Å². The number of fused-ring (bicyclic) bond motifs is 1. The van der Waals surface area contributed by atoms with Crippen molar-refractivity contribution in [3.63, 3.8) is 0 Å². The molecule has 0 fully saturated rings. The predicted octanol–water partition coefficient (Wildman–Crippen LogP) is 3.29. The topological polar surface area (TPSA) is 60.9 Å². The molecule has 0 aliphatic heterocycles. The summed E-state index contributed by atoms with van der Waals surface area (Å²) in [7, 11) is 0. The number of anilines is 1. The van der Waals surface area contributed by atoms with E-state index in [0.29, 0.717) is 11.6 Å². The van der Waals surface area contributed by atoms with E-state index in [-0.39, 0.29) is 6.61 Å². The highest BCUT2D eigenvalue weighted by atomic mass is 35.5. The monoisotopic (exact) mass is 287 g/mol. The number of H-pyrrole nitrogens is 1. The van der Waals surface area contributed by atoms with Gasteiger partial charge in [0.1, 0.15) is 11.3 Å². The zero-order valence-electron chi connectivity index (χ0n) is 10.7. The molecule has 20 heavy (non-hydrogen) atoms. The largest absolute Gasteiger partial charge is 0.395 e. The van der Waals surface area contributed by atoms with Crippen molar-refractivity contribution in [3.8, 4) is 11.4 Å². The third kappa shape index (κ3) is 2.48. The second-order valence-corrected chi connectivity index (χ2v) is 4.86. The standard InChI is InChI=1S/C15H14ClN3O/c16-12-2-1-3-13-14(12)19-15(18-13)10-4-6-11(7-5-10)17-8-9-20/h1-7,17,20H,8-9H2,(H,18,19). The molecule has 3 N–H and O–H groups in total. The Labute approximate surface area is 121 Å². The number of aliphatic hydroxyl groups is 1. The van der Waals surface area contributed by atoms with Crippen molar-refractivity contribution >= 4 is 28.3 Å². The molecule has 0 unspecified atom stereocenters. The van der Waals surface area contributed by atoms with Gasteiger partial charge in [-0.15, -0.1) is 0 Å². The summed E-state index contributed by atoms with van der Waals surface area (Å²) in [5, 5.41) is 12.5. The first-order valence-corrected chi connectivity index (χ1v) is 6.75. The molecule has 0 spiro atoms. The summed E-state index contributed by atoms with van der Waals surface area (Å²) >= 11 is 6.12. The zero-order chi connectivity index (χ0) is 13.9. The highest BCUT2D eigenvalue weighted by molar-refractivity contribution is 6.34. The Bertz CT molecular complexity index is 722. The SMILES string of the molecule is OCCNc1ccc(-c2nc3c(Cl)cccc3[nH]2)cc1. The average Bonchev–Trinajstić information content (AvgIpc) is 2.91. The second-order valence-electron chi connectivity index (χ2n) is 4.45. The summed E-state index contributed by atoms with van der Waals surface area (Å²) in [5.41, 5.74) is 3.67. The van der Waals surface area contributed by atoms with Crippen molar-refractivity contribution in [1.29, 1.82) is 0 Å². The first-order chi connectivity index (χ1) is 9.78. The fourth-order valence-electron chi connectivity index (χ4n) is 2.08. The van der Waals surface area contributed by atoms with E-state index < -0.39 is 0 Å². The molecule has 5 heteroatoms. The van der Waals surface area contributed by atoms with Crippen molar-refractivity contribution < 1.29 is 5.11 Å². The minimum Gasteiger partial charge on any atom is -0.395 e. The summed E-state index contributed by atoms with van der Waals surface area (Å²) in [6, 6.07) is 13.6. The Morgan fingerprint density at radius 2 is 1.95 bits per heavy atom. The molecule has 3 aromatic rings. The molecule has 3 rings (SSSR count). The molecule has 0 saturated carbocycles. The van der Waals surface area contributed by atoms with Crippen LogP contribution in [-0.2, 0) is 0 Å². The Morgan fingerprint density at radius 1 is 1.15 bits per heavy atom. The number of aromatic nitrogens is 2. The minimum atomic E-state index is 0.115. The number of nitrogens with one attached hydrogen (secondary N) is 2. The molecule has 0 saturated heterocycles. The van der Waals surface area contributed by atoms with Crippen molar-refractivity contribution in [2.45, 2.75) is 0 Å². The van der Waals surface area contributed by atoms with Crippen LogP contribution in [0.15, 0.2) is 42.5 Å². The van der Waals surface area contributed by atoms with Crippen molar-refractivity contribution in [3.05, 3.63) is 47.5 Å². The number of aliphatic hydroxyl groups excluding tert-OH is 1. The van der Waals surface area contributed by atoms with Crippen molar-refractivity contribution in [1.82, 2.24) is 9.97 Å². The van der Waals surface area contributed by atoms with Crippen LogP contribution in [0, 0.1) is 0 Å². The van der Waals surface area contributed by atoms with Crippen LogP contribution in [0.25, 0.3) is 22.4 Å². The highest BCUT2D eigenvalue weighted by Gasteiger charge is 2.07. The number of aromatic amines is 1. The fourth-order valence-corrected chi connectivity index (χ4v) is 2.30. The molecule has 0 radical (unpaired) electrons. The maximum absolute atomic E-state index is 8.78. The van der Waals surface area contributed by atoms with Gasteiger partial charge < -0.3 is 15.4 Å². The molecule has 0 aliphatic rings. The van der Waals surface area contributed by atoms with Gasteiger partial charge in [0.2, 0.25) is 0 Å². The molecule has 1 heterocycles. The summed E-state index contributed by atoms with van der Waals surface area (Å²) in [5.74, 6) is 0.793. The smallest absolute Gasteiger partial charge is 0.138 e. The van der Waals surface area contributed by atoms with Crippen LogP contribution < -0.4 is 5.32 Å².